The minimum Gasteiger partial charge on any atom is -0.349 e. The molecular formula is C23H25FN4OS. The number of carbonyl (C=O) groups excluding carboxylic acids is 1. The Morgan fingerprint density at radius 3 is 2.63 bits per heavy atom. The number of carbonyl (C=O) groups is 1. The summed E-state index contributed by atoms with van der Waals surface area (Å²) in [5.74, 6) is 0.168. The number of nitrogens with zero attached hydrogens (tertiary/aromatic N) is 3. The van der Waals surface area contributed by atoms with Crippen LogP contribution < -0.4 is 5.32 Å². The Labute approximate surface area is 180 Å². The maximum atomic E-state index is 14.2. The summed E-state index contributed by atoms with van der Waals surface area (Å²) in [5, 5.41) is 12.0. The molecule has 0 fully saturated rings. The van der Waals surface area contributed by atoms with Crippen molar-refractivity contribution in [3.8, 4) is 11.4 Å². The third-order valence-electron chi connectivity index (χ3n) is 4.59. The lowest BCUT2D eigenvalue weighted by atomic mass is 10.0. The van der Waals surface area contributed by atoms with E-state index in [9.17, 15) is 9.18 Å². The molecule has 1 amide bonds. The number of allylic oxidation sites excluding steroid dienone is 1. The van der Waals surface area contributed by atoms with Gasteiger partial charge in [-0.15, -0.1) is 16.8 Å². The molecule has 0 spiro atoms. The highest BCUT2D eigenvalue weighted by Gasteiger charge is 2.18. The summed E-state index contributed by atoms with van der Waals surface area (Å²) in [5.41, 5.74) is 1.46. The van der Waals surface area contributed by atoms with E-state index in [0.29, 0.717) is 23.1 Å². The lowest BCUT2D eigenvalue weighted by molar-refractivity contribution is -0.119. The van der Waals surface area contributed by atoms with E-state index in [1.165, 1.54) is 17.8 Å². The standard InChI is InChI=1S/C23H25FN4OS/c1-3-10-20(17-11-6-5-7-12-17)25-21(29)16-30-23-27-26-22(28(23)15-4-2)18-13-8-9-14-19(18)24/h4-9,11-14,20H,2-3,10,15-16H2,1H3,(H,25,29). The van der Waals surface area contributed by atoms with Gasteiger partial charge in [0, 0.05) is 6.54 Å². The van der Waals surface area contributed by atoms with Gasteiger partial charge in [-0.05, 0) is 24.1 Å². The van der Waals surface area contributed by atoms with Gasteiger partial charge in [0.2, 0.25) is 5.91 Å². The fraction of sp³-hybridized carbons (Fsp3) is 0.261. The minimum absolute atomic E-state index is 0.0238. The number of benzene rings is 2. The van der Waals surface area contributed by atoms with Gasteiger partial charge in [0.1, 0.15) is 5.82 Å². The van der Waals surface area contributed by atoms with Gasteiger partial charge >= 0.3 is 0 Å². The number of thioether (sulfide) groups is 1. The first-order valence-corrected chi connectivity index (χ1v) is 10.9. The first kappa shape index (κ1) is 21.8. The normalized spacial score (nSPS) is 11.8. The zero-order valence-corrected chi connectivity index (χ0v) is 17.7. The molecule has 1 atom stereocenters. The average Bonchev–Trinajstić information content (AvgIpc) is 3.15. The first-order chi connectivity index (χ1) is 14.6. The van der Waals surface area contributed by atoms with E-state index in [4.69, 9.17) is 0 Å². The van der Waals surface area contributed by atoms with Crippen molar-refractivity contribution in [2.45, 2.75) is 37.5 Å². The number of hydrogen-bond acceptors (Lipinski definition) is 4. The van der Waals surface area contributed by atoms with E-state index >= 15 is 0 Å². The molecule has 156 valence electrons. The predicted octanol–water partition coefficient (Wildman–Crippen LogP) is 5.02. The van der Waals surface area contributed by atoms with Gasteiger partial charge in [-0.2, -0.15) is 0 Å². The molecule has 0 saturated heterocycles. The summed E-state index contributed by atoms with van der Waals surface area (Å²) in [6.07, 6.45) is 3.53. The smallest absolute Gasteiger partial charge is 0.230 e. The van der Waals surface area contributed by atoms with Crippen molar-refractivity contribution in [3.05, 3.63) is 78.6 Å². The second-order valence-corrected chi connectivity index (χ2v) is 7.74. The second-order valence-electron chi connectivity index (χ2n) is 6.79. The lowest BCUT2D eigenvalue weighted by Crippen LogP contribution is -2.30. The Kier molecular flexibility index (Phi) is 7.79. The van der Waals surface area contributed by atoms with Crippen LogP contribution in [0.5, 0.6) is 0 Å². The molecule has 5 nitrogen and oxygen atoms in total. The quantitative estimate of drug-likeness (QED) is 0.367. The molecule has 0 aliphatic rings. The molecule has 1 aromatic heterocycles. The lowest BCUT2D eigenvalue weighted by Gasteiger charge is -2.18. The number of hydrogen-bond donors (Lipinski definition) is 1. The monoisotopic (exact) mass is 424 g/mol. The van der Waals surface area contributed by atoms with Crippen molar-refractivity contribution < 1.29 is 9.18 Å². The Bertz CT molecular complexity index is 990. The third-order valence-corrected chi connectivity index (χ3v) is 5.56. The minimum atomic E-state index is -0.366. The van der Waals surface area contributed by atoms with Gasteiger partial charge in [-0.1, -0.05) is 73.6 Å². The van der Waals surface area contributed by atoms with Crippen LogP contribution in [0.3, 0.4) is 0 Å². The second kappa shape index (κ2) is 10.7. The Morgan fingerprint density at radius 1 is 1.20 bits per heavy atom. The van der Waals surface area contributed by atoms with E-state index in [-0.39, 0.29) is 23.5 Å². The van der Waals surface area contributed by atoms with Gasteiger partial charge in [0.25, 0.3) is 0 Å². The molecule has 1 unspecified atom stereocenters. The number of amides is 1. The summed E-state index contributed by atoms with van der Waals surface area (Å²) < 4.78 is 16.0. The molecule has 0 aliphatic heterocycles. The van der Waals surface area contributed by atoms with Crippen molar-refractivity contribution >= 4 is 17.7 Å². The van der Waals surface area contributed by atoms with E-state index in [1.54, 1.807) is 28.8 Å². The fourth-order valence-corrected chi connectivity index (χ4v) is 3.95. The highest BCUT2D eigenvalue weighted by atomic mass is 32.2. The van der Waals surface area contributed by atoms with Crippen LogP contribution in [0.2, 0.25) is 0 Å². The maximum Gasteiger partial charge on any atom is 0.230 e. The summed E-state index contributed by atoms with van der Waals surface area (Å²) in [7, 11) is 0. The van der Waals surface area contributed by atoms with Crippen molar-refractivity contribution in [2.75, 3.05) is 5.75 Å². The Morgan fingerprint density at radius 2 is 1.93 bits per heavy atom. The van der Waals surface area contributed by atoms with Crippen LogP contribution in [0, 0.1) is 5.82 Å². The first-order valence-electron chi connectivity index (χ1n) is 9.90. The van der Waals surface area contributed by atoms with Crippen LogP contribution in [0.1, 0.15) is 31.4 Å². The summed E-state index contributed by atoms with van der Waals surface area (Å²) in [6.45, 7) is 6.28. The van der Waals surface area contributed by atoms with Gasteiger partial charge < -0.3 is 5.32 Å². The predicted molar refractivity (Wildman–Crippen MR) is 119 cm³/mol. The van der Waals surface area contributed by atoms with Crippen molar-refractivity contribution in [1.82, 2.24) is 20.1 Å². The molecule has 3 rings (SSSR count). The summed E-state index contributed by atoms with van der Waals surface area (Å²) in [4.78, 5) is 12.6. The fourth-order valence-electron chi connectivity index (χ4n) is 3.19. The molecule has 0 aliphatic carbocycles. The SMILES string of the molecule is C=CCn1c(SCC(=O)NC(CCC)c2ccccc2)nnc1-c1ccccc1F. The van der Waals surface area contributed by atoms with Gasteiger partial charge in [-0.25, -0.2) is 4.39 Å². The summed E-state index contributed by atoms with van der Waals surface area (Å²) in [6, 6.07) is 16.4. The number of aromatic nitrogens is 3. The highest BCUT2D eigenvalue weighted by Crippen LogP contribution is 2.26. The molecule has 2 aromatic carbocycles. The third kappa shape index (κ3) is 5.36. The average molecular weight is 425 g/mol. The molecule has 1 heterocycles. The van der Waals surface area contributed by atoms with Gasteiger partial charge in [0.15, 0.2) is 11.0 Å². The number of halogens is 1. The number of rotatable bonds is 10. The maximum absolute atomic E-state index is 14.2. The Balaban J connectivity index is 1.71. The van der Waals surface area contributed by atoms with Gasteiger partial charge in [-0.3, -0.25) is 9.36 Å². The van der Waals surface area contributed by atoms with E-state index in [2.05, 4.69) is 29.0 Å². The van der Waals surface area contributed by atoms with Crippen molar-refractivity contribution in [1.29, 1.82) is 0 Å². The molecule has 30 heavy (non-hydrogen) atoms. The van der Waals surface area contributed by atoms with Crippen molar-refractivity contribution in [2.24, 2.45) is 0 Å². The molecule has 0 radical (unpaired) electrons. The van der Waals surface area contributed by atoms with Crippen LogP contribution in [-0.4, -0.2) is 26.4 Å². The van der Waals surface area contributed by atoms with Crippen LogP contribution in [0.25, 0.3) is 11.4 Å². The van der Waals surface area contributed by atoms with Crippen LogP contribution in [0.4, 0.5) is 4.39 Å². The molecule has 0 bridgehead atoms. The van der Waals surface area contributed by atoms with Gasteiger partial charge in [0.05, 0.1) is 17.4 Å². The topological polar surface area (TPSA) is 59.8 Å². The highest BCUT2D eigenvalue weighted by molar-refractivity contribution is 7.99. The zero-order valence-electron chi connectivity index (χ0n) is 16.9. The van der Waals surface area contributed by atoms with E-state index < -0.39 is 0 Å². The van der Waals surface area contributed by atoms with Crippen molar-refractivity contribution in [3.63, 3.8) is 0 Å². The number of nitrogens with one attached hydrogen (secondary N) is 1. The largest absolute Gasteiger partial charge is 0.349 e. The summed E-state index contributed by atoms with van der Waals surface area (Å²) >= 11 is 1.28. The molecule has 1 N–H and O–H groups in total. The molecular weight excluding hydrogens is 399 g/mol. The van der Waals surface area contributed by atoms with E-state index in [0.717, 1.165) is 18.4 Å². The molecule has 0 saturated carbocycles. The molecule has 3 aromatic rings. The molecule has 7 heteroatoms. The van der Waals surface area contributed by atoms with Crippen LogP contribution in [0.15, 0.2) is 72.4 Å². The van der Waals surface area contributed by atoms with E-state index in [1.807, 2.05) is 30.3 Å². The van der Waals surface area contributed by atoms with Crippen LogP contribution >= 0.6 is 11.8 Å². The zero-order chi connectivity index (χ0) is 21.3. The van der Waals surface area contributed by atoms with Crippen LogP contribution in [-0.2, 0) is 11.3 Å². The Hall–Kier alpha value is -2.93.